The standard InChI is InChI=1S/C32H55N7OS/c1-32(2)19-22-5-4-16-33-27-6-3-7-30(35-27)41-34-20-25-12-13-28(36-31(25)38(32)21-22)39-17-14-29(37-39)40-18-15-26(23-8-9-23)24-10-11-24/h14,17,22-28,30-31,33-36H,3-13,15-16,18-21H2,1-2H3. The first-order valence-electron chi connectivity index (χ1n) is 17.1. The Labute approximate surface area is 252 Å². The third-order valence-electron chi connectivity index (χ3n) is 11.1. The number of hydrogen-bond donors (Lipinski definition) is 4. The zero-order valence-electron chi connectivity index (χ0n) is 25.5. The number of fused-ring (bicyclic) bond motifs is 6. The largest absolute Gasteiger partial charge is 0.477 e. The molecule has 1 aromatic rings. The molecule has 7 unspecified atom stereocenters. The minimum Gasteiger partial charge on any atom is -0.477 e. The van der Waals surface area contributed by atoms with Crippen molar-refractivity contribution in [1.29, 1.82) is 0 Å². The van der Waals surface area contributed by atoms with Crippen molar-refractivity contribution in [1.82, 2.24) is 35.4 Å². The zero-order chi connectivity index (χ0) is 27.8. The molecular weight excluding hydrogens is 530 g/mol. The van der Waals surface area contributed by atoms with Crippen LogP contribution in [-0.2, 0) is 0 Å². The van der Waals surface area contributed by atoms with Gasteiger partial charge in [-0.15, -0.1) is 5.10 Å². The molecule has 0 radical (unpaired) electrons. The molecule has 0 aromatic carbocycles. The predicted molar refractivity (Wildman–Crippen MR) is 166 cm³/mol. The fraction of sp³-hybridized carbons (Fsp3) is 0.906. The van der Waals surface area contributed by atoms with Crippen LogP contribution in [0.1, 0.15) is 103 Å². The van der Waals surface area contributed by atoms with Crippen molar-refractivity contribution in [3.63, 3.8) is 0 Å². The maximum Gasteiger partial charge on any atom is 0.232 e. The second-order valence-corrected chi connectivity index (χ2v) is 15.9. The lowest BCUT2D eigenvalue weighted by Crippen LogP contribution is -2.60. The average molecular weight is 586 g/mol. The maximum absolute atomic E-state index is 6.22. The van der Waals surface area contributed by atoms with Gasteiger partial charge in [0, 0.05) is 36.8 Å². The van der Waals surface area contributed by atoms with Crippen LogP contribution in [0.3, 0.4) is 0 Å². The van der Waals surface area contributed by atoms with E-state index in [0.29, 0.717) is 23.6 Å². The normalized spacial score (nSPS) is 38.2. The van der Waals surface area contributed by atoms with Crippen LogP contribution >= 0.6 is 11.9 Å². The fourth-order valence-corrected chi connectivity index (χ4v) is 9.69. The van der Waals surface area contributed by atoms with Crippen LogP contribution in [0.25, 0.3) is 0 Å². The summed E-state index contributed by atoms with van der Waals surface area (Å²) in [7, 11) is 0. The Morgan fingerprint density at radius 2 is 1.88 bits per heavy atom. The van der Waals surface area contributed by atoms with Gasteiger partial charge in [0.1, 0.15) is 6.17 Å². The Kier molecular flexibility index (Phi) is 8.91. The summed E-state index contributed by atoms with van der Waals surface area (Å²) in [6.45, 7) is 9.13. The fourth-order valence-electron chi connectivity index (χ4n) is 8.66. The Hall–Kier alpha value is -0.840. The molecule has 41 heavy (non-hydrogen) atoms. The lowest BCUT2D eigenvalue weighted by Gasteiger charge is -2.47. The van der Waals surface area contributed by atoms with Crippen LogP contribution in [0.5, 0.6) is 5.88 Å². The first-order chi connectivity index (χ1) is 20.0. The number of rotatable bonds is 7. The van der Waals surface area contributed by atoms with Crippen LogP contribution in [0, 0.1) is 29.6 Å². The van der Waals surface area contributed by atoms with E-state index < -0.39 is 0 Å². The monoisotopic (exact) mass is 585 g/mol. The molecule has 1 aromatic heterocycles. The van der Waals surface area contributed by atoms with Crippen molar-refractivity contribution < 1.29 is 4.74 Å². The summed E-state index contributed by atoms with van der Waals surface area (Å²) in [5.74, 6) is 5.03. The highest BCUT2D eigenvalue weighted by Gasteiger charge is 2.46. The van der Waals surface area contributed by atoms with Gasteiger partial charge in [-0.1, -0.05) is 11.9 Å². The molecule has 6 aliphatic rings. The second kappa shape index (κ2) is 12.6. The highest BCUT2D eigenvalue weighted by molar-refractivity contribution is 7.98. The molecule has 9 heteroatoms. The highest BCUT2D eigenvalue weighted by atomic mass is 32.2. The van der Waals surface area contributed by atoms with Crippen LogP contribution in [-0.4, -0.2) is 64.2 Å². The molecule has 5 heterocycles. The van der Waals surface area contributed by atoms with Crippen molar-refractivity contribution in [3.05, 3.63) is 12.3 Å². The van der Waals surface area contributed by atoms with Gasteiger partial charge in [-0.05, 0) is 128 Å². The van der Waals surface area contributed by atoms with E-state index in [2.05, 4.69) is 56.4 Å². The number of hydrogen-bond acceptors (Lipinski definition) is 8. The molecule has 2 aliphatic carbocycles. The third kappa shape index (κ3) is 7.12. The summed E-state index contributed by atoms with van der Waals surface area (Å²) in [5.41, 5.74) is 0.205. The van der Waals surface area contributed by atoms with Gasteiger partial charge in [-0.2, -0.15) is 0 Å². The van der Waals surface area contributed by atoms with Gasteiger partial charge in [-0.3, -0.25) is 24.9 Å². The molecule has 4 bridgehead atoms. The zero-order valence-corrected chi connectivity index (χ0v) is 26.3. The Bertz CT molecular complexity index is 984. The Morgan fingerprint density at radius 1 is 1.02 bits per heavy atom. The summed E-state index contributed by atoms with van der Waals surface area (Å²) >= 11 is 1.92. The van der Waals surface area contributed by atoms with Crippen molar-refractivity contribution >= 4 is 11.9 Å². The van der Waals surface area contributed by atoms with E-state index in [0.717, 1.165) is 55.7 Å². The molecule has 7 atom stereocenters. The van der Waals surface area contributed by atoms with Gasteiger partial charge in [0.25, 0.3) is 0 Å². The van der Waals surface area contributed by atoms with Gasteiger partial charge >= 0.3 is 0 Å². The van der Waals surface area contributed by atoms with E-state index in [1.807, 2.05) is 11.9 Å². The van der Waals surface area contributed by atoms with Crippen molar-refractivity contribution in [2.24, 2.45) is 29.6 Å². The van der Waals surface area contributed by atoms with Crippen LogP contribution in [0.2, 0.25) is 0 Å². The lowest BCUT2D eigenvalue weighted by atomic mass is 9.90. The van der Waals surface area contributed by atoms with Gasteiger partial charge in [-0.25, -0.2) is 0 Å². The molecule has 2 saturated carbocycles. The van der Waals surface area contributed by atoms with E-state index in [-0.39, 0.29) is 11.7 Å². The van der Waals surface area contributed by atoms with Crippen LogP contribution in [0.15, 0.2) is 12.3 Å². The van der Waals surface area contributed by atoms with E-state index in [4.69, 9.17) is 9.84 Å². The summed E-state index contributed by atoms with van der Waals surface area (Å²) in [6.07, 6.45) is 20.2. The molecule has 7 rings (SSSR count). The second-order valence-electron chi connectivity index (χ2n) is 14.8. The maximum atomic E-state index is 6.22. The lowest BCUT2D eigenvalue weighted by molar-refractivity contribution is 0.00922. The Balaban J connectivity index is 1.00. The highest BCUT2D eigenvalue weighted by Crippen LogP contribution is 2.50. The minimum atomic E-state index is 0.205. The minimum absolute atomic E-state index is 0.205. The van der Waals surface area contributed by atoms with Crippen molar-refractivity contribution in [2.45, 2.75) is 127 Å². The number of nitrogens with one attached hydrogen (secondary N) is 4. The summed E-state index contributed by atoms with van der Waals surface area (Å²) < 4.78 is 12.2. The molecule has 0 spiro atoms. The van der Waals surface area contributed by atoms with E-state index in [9.17, 15) is 0 Å². The van der Waals surface area contributed by atoms with Crippen molar-refractivity contribution in [2.75, 3.05) is 26.2 Å². The van der Waals surface area contributed by atoms with E-state index in [1.54, 1.807) is 0 Å². The van der Waals surface area contributed by atoms with Crippen LogP contribution < -0.4 is 25.4 Å². The molecule has 8 nitrogen and oxygen atoms in total. The number of piperidine rings is 2. The van der Waals surface area contributed by atoms with Gasteiger partial charge < -0.3 is 10.1 Å². The molecule has 4 aliphatic heterocycles. The van der Waals surface area contributed by atoms with E-state index >= 15 is 0 Å². The van der Waals surface area contributed by atoms with Crippen LogP contribution in [0.4, 0.5) is 0 Å². The number of ether oxygens (including phenoxy) is 1. The molecule has 230 valence electrons. The molecule has 4 N–H and O–H groups in total. The molecule has 0 amide bonds. The van der Waals surface area contributed by atoms with Gasteiger partial charge in [0.2, 0.25) is 5.88 Å². The average Bonchev–Trinajstić information content (AvgIpc) is 3.90. The summed E-state index contributed by atoms with van der Waals surface area (Å²) in [4.78, 5) is 2.82. The van der Waals surface area contributed by atoms with E-state index in [1.165, 1.54) is 83.6 Å². The van der Waals surface area contributed by atoms with Crippen molar-refractivity contribution in [3.8, 4) is 5.88 Å². The predicted octanol–water partition coefficient (Wildman–Crippen LogP) is 5.06. The quantitative estimate of drug-likeness (QED) is 0.331. The first-order valence-corrected chi connectivity index (χ1v) is 18.0. The third-order valence-corrected chi connectivity index (χ3v) is 12.1. The summed E-state index contributed by atoms with van der Waals surface area (Å²) in [5, 5.41) is 17.2. The first kappa shape index (κ1) is 28.9. The molecular formula is C32H55N7OS. The Morgan fingerprint density at radius 3 is 2.71 bits per heavy atom. The summed E-state index contributed by atoms with van der Waals surface area (Å²) in [6, 6.07) is 2.08. The number of nitrogens with zero attached hydrogens (tertiary/aromatic N) is 3. The smallest absolute Gasteiger partial charge is 0.232 e. The topological polar surface area (TPSA) is 78.4 Å². The van der Waals surface area contributed by atoms with Gasteiger partial charge in [0.15, 0.2) is 0 Å². The SMILES string of the molecule is CC1(C)CC2CCCNC3CCCC(N3)SNCC3CCC(n4ccc(OCCC(C5CC5)C5CC5)n4)NC3N1C2. The number of aromatic nitrogens is 2. The molecule has 6 fully saturated rings. The molecule has 4 saturated heterocycles. The van der Waals surface area contributed by atoms with Gasteiger partial charge in [0.05, 0.1) is 24.3 Å².